The highest BCUT2D eigenvalue weighted by Crippen LogP contribution is 2.15. The number of hydrogen-bond acceptors (Lipinski definition) is 2. The molecule has 76 valence electrons. The van der Waals surface area contributed by atoms with Crippen LogP contribution in [0.4, 0.5) is 0 Å². The minimum atomic E-state index is 0.317. The Kier molecular flexibility index (Phi) is 5.09. The average molecular weight is 183 g/mol. The highest BCUT2D eigenvalue weighted by atomic mass is 16.3. The van der Waals surface area contributed by atoms with Crippen LogP contribution in [0.3, 0.4) is 0 Å². The summed E-state index contributed by atoms with van der Waals surface area (Å²) in [6.45, 7) is 4.51. The van der Waals surface area contributed by atoms with E-state index in [1.807, 2.05) is 6.92 Å². The van der Waals surface area contributed by atoms with Gasteiger partial charge in [-0.3, -0.25) is 4.90 Å². The van der Waals surface area contributed by atoms with E-state index in [4.69, 9.17) is 0 Å². The molecule has 0 radical (unpaired) electrons. The van der Waals surface area contributed by atoms with Crippen molar-refractivity contribution in [3.63, 3.8) is 0 Å². The summed E-state index contributed by atoms with van der Waals surface area (Å²) in [7, 11) is 0. The summed E-state index contributed by atoms with van der Waals surface area (Å²) in [4.78, 5) is 2.40. The zero-order chi connectivity index (χ0) is 9.52. The maximum absolute atomic E-state index is 9.22. The van der Waals surface area contributed by atoms with E-state index >= 15 is 0 Å². The fourth-order valence-electron chi connectivity index (χ4n) is 1.92. The number of nitrogens with zero attached hydrogens (tertiary/aromatic N) is 1. The molecule has 13 heavy (non-hydrogen) atoms. The Hall–Kier alpha value is -0.340. The Morgan fingerprint density at radius 3 is 2.92 bits per heavy atom. The molecule has 0 aromatic heterocycles. The summed E-state index contributed by atoms with van der Waals surface area (Å²) in [5, 5.41) is 9.22. The van der Waals surface area contributed by atoms with Crippen molar-refractivity contribution in [1.29, 1.82) is 0 Å². The van der Waals surface area contributed by atoms with Gasteiger partial charge >= 0.3 is 0 Å². The van der Waals surface area contributed by atoms with Crippen LogP contribution in [0.1, 0.15) is 32.6 Å². The van der Waals surface area contributed by atoms with Crippen LogP contribution in [0.15, 0.2) is 12.2 Å². The Morgan fingerprint density at radius 1 is 1.38 bits per heavy atom. The standard InChI is InChI=1S/C11H21NO/c1-2-3-8-12-9-6-4-5-7-11(12)10-13/h2-3,11,13H,4-10H2,1H3/b3-2+. The molecule has 2 nitrogen and oxygen atoms in total. The number of aliphatic hydroxyl groups is 1. The smallest absolute Gasteiger partial charge is 0.0586 e. The summed E-state index contributed by atoms with van der Waals surface area (Å²) in [5.74, 6) is 0. The van der Waals surface area contributed by atoms with Gasteiger partial charge in [0.25, 0.3) is 0 Å². The molecule has 1 fully saturated rings. The summed E-state index contributed by atoms with van der Waals surface area (Å²) >= 11 is 0. The molecular weight excluding hydrogens is 162 g/mol. The maximum Gasteiger partial charge on any atom is 0.0586 e. The second-order valence-corrected chi connectivity index (χ2v) is 3.75. The van der Waals surface area contributed by atoms with E-state index in [1.165, 1.54) is 19.3 Å². The average Bonchev–Trinajstić information content (AvgIpc) is 2.39. The molecule has 1 aliphatic heterocycles. The molecule has 2 heteroatoms. The number of aliphatic hydroxyl groups excluding tert-OH is 1. The molecule has 0 aromatic rings. The fraction of sp³-hybridized carbons (Fsp3) is 0.818. The van der Waals surface area contributed by atoms with Crippen molar-refractivity contribution in [2.24, 2.45) is 0 Å². The largest absolute Gasteiger partial charge is 0.395 e. The van der Waals surface area contributed by atoms with E-state index < -0.39 is 0 Å². The van der Waals surface area contributed by atoms with Crippen molar-refractivity contribution in [2.75, 3.05) is 19.7 Å². The van der Waals surface area contributed by atoms with Crippen LogP contribution >= 0.6 is 0 Å². The Balaban J connectivity index is 2.43. The molecule has 1 aliphatic rings. The van der Waals surface area contributed by atoms with Crippen LogP contribution < -0.4 is 0 Å². The normalized spacial score (nSPS) is 26.5. The molecule has 0 spiro atoms. The van der Waals surface area contributed by atoms with Crippen molar-refractivity contribution in [2.45, 2.75) is 38.6 Å². The van der Waals surface area contributed by atoms with Crippen LogP contribution in [-0.4, -0.2) is 35.7 Å². The zero-order valence-corrected chi connectivity index (χ0v) is 8.58. The maximum atomic E-state index is 9.22. The molecule has 0 aliphatic carbocycles. The van der Waals surface area contributed by atoms with E-state index in [9.17, 15) is 5.11 Å². The summed E-state index contributed by atoms with van der Waals surface area (Å²) < 4.78 is 0. The minimum Gasteiger partial charge on any atom is -0.395 e. The summed E-state index contributed by atoms with van der Waals surface area (Å²) in [6.07, 6.45) is 9.30. The van der Waals surface area contributed by atoms with Crippen LogP contribution in [-0.2, 0) is 0 Å². The predicted octanol–water partition coefficient (Wildman–Crippen LogP) is 1.80. The lowest BCUT2D eigenvalue weighted by molar-refractivity contribution is 0.135. The molecule has 0 amide bonds. The van der Waals surface area contributed by atoms with Gasteiger partial charge in [-0.25, -0.2) is 0 Å². The molecule has 1 N–H and O–H groups in total. The minimum absolute atomic E-state index is 0.317. The first-order chi connectivity index (χ1) is 6.38. The summed E-state index contributed by atoms with van der Waals surface area (Å²) in [6, 6.07) is 0.402. The second kappa shape index (κ2) is 6.17. The van der Waals surface area contributed by atoms with Crippen molar-refractivity contribution >= 4 is 0 Å². The van der Waals surface area contributed by atoms with Gasteiger partial charge in [-0.15, -0.1) is 0 Å². The molecular formula is C11H21NO. The molecule has 0 aromatic carbocycles. The number of hydrogen-bond donors (Lipinski definition) is 1. The molecule has 1 atom stereocenters. The van der Waals surface area contributed by atoms with Gasteiger partial charge in [0.1, 0.15) is 0 Å². The number of rotatable bonds is 3. The first kappa shape index (κ1) is 10.7. The van der Waals surface area contributed by atoms with E-state index in [0.29, 0.717) is 12.6 Å². The molecule has 1 unspecified atom stereocenters. The first-order valence-electron chi connectivity index (χ1n) is 5.34. The third-order valence-corrected chi connectivity index (χ3v) is 2.79. The van der Waals surface area contributed by atoms with Crippen LogP contribution in [0, 0.1) is 0 Å². The quantitative estimate of drug-likeness (QED) is 0.674. The molecule has 1 heterocycles. The predicted molar refractivity (Wildman–Crippen MR) is 55.7 cm³/mol. The monoisotopic (exact) mass is 183 g/mol. The van der Waals surface area contributed by atoms with Crippen LogP contribution in [0.2, 0.25) is 0 Å². The third-order valence-electron chi connectivity index (χ3n) is 2.79. The molecule has 1 rings (SSSR count). The van der Waals surface area contributed by atoms with Crippen LogP contribution in [0.25, 0.3) is 0 Å². The lowest BCUT2D eigenvalue weighted by Crippen LogP contribution is -2.37. The topological polar surface area (TPSA) is 23.5 Å². The highest BCUT2D eigenvalue weighted by molar-refractivity contribution is 4.85. The van der Waals surface area contributed by atoms with Gasteiger partial charge in [0, 0.05) is 12.6 Å². The number of likely N-dealkylation sites (tertiary alicyclic amines) is 1. The summed E-state index contributed by atoms with van der Waals surface area (Å²) in [5.41, 5.74) is 0. The van der Waals surface area contributed by atoms with Gasteiger partial charge in [0.15, 0.2) is 0 Å². The Labute approximate surface area is 81.2 Å². The van der Waals surface area contributed by atoms with Gasteiger partial charge in [-0.2, -0.15) is 0 Å². The van der Waals surface area contributed by atoms with Crippen molar-refractivity contribution in [1.82, 2.24) is 4.90 Å². The lowest BCUT2D eigenvalue weighted by atomic mass is 10.1. The van der Waals surface area contributed by atoms with Gasteiger partial charge < -0.3 is 5.11 Å². The Bertz CT molecular complexity index is 156. The van der Waals surface area contributed by atoms with E-state index in [1.54, 1.807) is 0 Å². The highest BCUT2D eigenvalue weighted by Gasteiger charge is 2.18. The van der Waals surface area contributed by atoms with Gasteiger partial charge in [0.2, 0.25) is 0 Å². The molecule has 0 bridgehead atoms. The third kappa shape index (κ3) is 3.49. The van der Waals surface area contributed by atoms with Gasteiger partial charge in [-0.1, -0.05) is 25.0 Å². The Morgan fingerprint density at radius 2 is 2.23 bits per heavy atom. The zero-order valence-electron chi connectivity index (χ0n) is 8.58. The van der Waals surface area contributed by atoms with E-state index in [-0.39, 0.29) is 0 Å². The lowest BCUT2D eigenvalue weighted by Gasteiger charge is -2.26. The molecule has 0 saturated carbocycles. The SMILES string of the molecule is C/C=C/CN1CCCCCC1CO. The first-order valence-corrected chi connectivity index (χ1v) is 5.34. The van der Waals surface area contributed by atoms with Crippen molar-refractivity contribution < 1.29 is 5.11 Å². The van der Waals surface area contributed by atoms with Gasteiger partial charge in [-0.05, 0) is 26.3 Å². The van der Waals surface area contributed by atoms with Crippen molar-refractivity contribution in [3.05, 3.63) is 12.2 Å². The number of allylic oxidation sites excluding steroid dienone is 1. The van der Waals surface area contributed by atoms with Crippen molar-refractivity contribution in [3.8, 4) is 0 Å². The molecule has 1 saturated heterocycles. The fourth-order valence-corrected chi connectivity index (χ4v) is 1.92. The second-order valence-electron chi connectivity index (χ2n) is 3.75. The van der Waals surface area contributed by atoms with Crippen LogP contribution in [0.5, 0.6) is 0 Å². The van der Waals surface area contributed by atoms with E-state index in [2.05, 4.69) is 17.1 Å². The van der Waals surface area contributed by atoms with E-state index in [0.717, 1.165) is 19.5 Å². The van der Waals surface area contributed by atoms with Gasteiger partial charge in [0.05, 0.1) is 6.61 Å².